The number of rotatable bonds is 3. The van der Waals surface area contributed by atoms with Crippen LogP contribution in [0.15, 0.2) is 41.3 Å². The zero-order valence-corrected chi connectivity index (χ0v) is 11.6. The van der Waals surface area contributed by atoms with Crippen LogP contribution in [-0.2, 0) is 5.75 Å². The lowest BCUT2D eigenvalue weighted by Crippen LogP contribution is -1.89. The maximum absolute atomic E-state index is 12.9. The average Bonchev–Trinajstić information content (AvgIpc) is 2.32. The maximum atomic E-state index is 12.9. The van der Waals surface area contributed by atoms with Crippen molar-refractivity contribution in [1.82, 2.24) is 0 Å². The van der Waals surface area contributed by atoms with E-state index in [0.29, 0.717) is 21.5 Å². The fourth-order valence-electron chi connectivity index (χ4n) is 1.43. The summed E-state index contributed by atoms with van der Waals surface area (Å²) in [5.41, 5.74) is 7.38. The third kappa shape index (κ3) is 3.31. The number of benzene rings is 2. The van der Waals surface area contributed by atoms with Crippen LogP contribution in [0.4, 0.5) is 10.1 Å². The molecule has 0 aliphatic heterocycles. The standard InChI is InChI=1S/C13H10Cl2FNS/c14-9-2-4-12(17)13(5-9)18-7-8-1-3-10(16)6-11(8)15/h1-6H,7,17H2. The van der Waals surface area contributed by atoms with E-state index in [1.54, 1.807) is 24.3 Å². The molecule has 0 heterocycles. The molecular weight excluding hydrogens is 292 g/mol. The first-order chi connectivity index (χ1) is 8.56. The van der Waals surface area contributed by atoms with Crippen LogP contribution < -0.4 is 5.73 Å². The van der Waals surface area contributed by atoms with Gasteiger partial charge in [-0.15, -0.1) is 11.8 Å². The summed E-state index contributed by atoms with van der Waals surface area (Å²) in [6.45, 7) is 0. The molecule has 0 aliphatic rings. The average molecular weight is 302 g/mol. The van der Waals surface area contributed by atoms with Gasteiger partial charge in [0.25, 0.3) is 0 Å². The number of nitrogen functional groups attached to an aromatic ring is 1. The monoisotopic (exact) mass is 301 g/mol. The molecule has 0 bridgehead atoms. The van der Waals surface area contributed by atoms with E-state index in [0.717, 1.165) is 10.5 Å². The van der Waals surface area contributed by atoms with Crippen molar-refractivity contribution in [2.24, 2.45) is 0 Å². The van der Waals surface area contributed by atoms with Crippen LogP contribution in [0, 0.1) is 5.82 Å². The van der Waals surface area contributed by atoms with Crippen LogP contribution in [0.25, 0.3) is 0 Å². The van der Waals surface area contributed by atoms with E-state index in [-0.39, 0.29) is 5.82 Å². The molecule has 0 aromatic heterocycles. The van der Waals surface area contributed by atoms with Gasteiger partial charge in [0.05, 0.1) is 0 Å². The number of anilines is 1. The van der Waals surface area contributed by atoms with Crippen molar-refractivity contribution in [3.63, 3.8) is 0 Å². The minimum atomic E-state index is -0.337. The summed E-state index contributed by atoms with van der Waals surface area (Å²) >= 11 is 13.4. The van der Waals surface area contributed by atoms with E-state index < -0.39 is 0 Å². The van der Waals surface area contributed by atoms with Gasteiger partial charge in [0.1, 0.15) is 5.82 Å². The highest BCUT2D eigenvalue weighted by Gasteiger charge is 2.05. The molecule has 0 aliphatic carbocycles. The van der Waals surface area contributed by atoms with Crippen molar-refractivity contribution < 1.29 is 4.39 Å². The highest BCUT2D eigenvalue weighted by Crippen LogP contribution is 2.32. The molecule has 18 heavy (non-hydrogen) atoms. The summed E-state index contributed by atoms with van der Waals surface area (Å²) in [7, 11) is 0. The molecule has 2 rings (SSSR count). The molecule has 0 saturated carbocycles. The van der Waals surface area contributed by atoms with Gasteiger partial charge in [-0.2, -0.15) is 0 Å². The maximum Gasteiger partial charge on any atom is 0.124 e. The lowest BCUT2D eigenvalue weighted by Gasteiger charge is -2.07. The van der Waals surface area contributed by atoms with E-state index in [4.69, 9.17) is 28.9 Å². The second kappa shape index (κ2) is 5.83. The first-order valence-corrected chi connectivity index (χ1v) is 6.92. The molecule has 5 heteroatoms. The molecule has 0 atom stereocenters. The third-order valence-electron chi connectivity index (χ3n) is 2.37. The van der Waals surface area contributed by atoms with Gasteiger partial charge in [-0.05, 0) is 35.9 Å². The molecule has 1 nitrogen and oxygen atoms in total. The second-order valence-electron chi connectivity index (χ2n) is 3.71. The minimum absolute atomic E-state index is 0.337. The summed E-state index contributed by atoms with van der Waals surface area (Å²) < 4.78 is 12.9. The first kappa shape index (κ1) is 13.5. The molecule has 0 fully saturated rings. The summed E-state index contributed by atoms with van der Waals surface area (Å²) in [4.78, 5) is 0.892. The smallest absolute Gasteiger partial charge is 0.124 e. The van der Waals surface area contributed by atoms with Gasteiger partial charge in [-0.1, -0.05) is 29.3 Å². The van der Waals surface area contributed by atoms with Crippen LogP contribution in [-0.4, -0.2) is 0 Å². The van der Waals surface area contributed by atoms with Gasteiger partial charge in [-0.3, -0.25) is 0 Å². The van der Waals surface area contributed by atoms with Crippen molar-refractivity contribution in [3.05, 3.63) is 57.8 Å². The Morgan fingerprint density at radius 3 is 2.61 bits per heavy atom. The van der Waals surface area contributed by atoms with Crippen LogP contribution in [0.1, 0.15) is 5.56 Å². The van der Waals surface area contributed by atoms with Gasteiger partial charge in [0, 0.05) is 26.4 Å². The van der Waals surface area contributed by atoms with Crippen molar-refractivity contribution >= 4 is 40.7 Å². The van der Waals surface area contributed by atoms with Crippen LogP contribution in [0.2, 0.25) is 10.0 Å². The summed E-state index contributed by atoms with van der Waals surface area (Å²) in [6, 6.07) is 9.68. The summed E-state index contributed by atoms with van der Waals surface area (Å²) in [5.74, 6) is 0.278. The van der Waals surface area contributed by atoms with E-state index in [1.165, 1.54) is 23.9 Å². The number of nitrogens with two attached hydrogens (primary N) is 1. The first-order valence-electron chi connectivity index (χ1n) is 5.18. The van der Waals surface area contributed by atoms with Crippen LogP contribution >= 0.6 is 35.0 Å². The molecule has 2 aromatic rings. The van der Waals surface area contributed by atoms with E-state index in [9.17, 15) is 4.39 Å². The minimum Gasteiger partial charge on any atom is -0.398 e. The molecule has 0 amide bonds. The normalized spacial score (nSPS) is 10.6. The van der Waals surface area contributed by atoms with E-state index in [1.807, 2.05) is 0 Å². The van der Waals surface area contributed by atoms with Gasteiger partial charge in [0.2, 0.25) is 0 Å². The van der Waals surface area contributed by atoms with E-state index >= 15 is 0 Å². The lowest BCUT2D eigenvalue weighted by molar-refractivity contribution is 0.627. The van der Waals surface area contributed by atoms with Crippen LogP contribution in [0.5, 0.6) is 0 Å². The Balaban J connectivity index is 2.13. The summed E-state index contributed by atoms with van der Waals surface area (Å²) in [6.07, 6.45) is 0. The molecule has 0 spiro atoms. The Morgan fingerprint density at radius 1 is 1.11 bits per heavy atom. The highest BCUT2D eigenvalue weighted by molar-refractivity contribution is 7.98. The zero-order chi connectivity index (χ0) is 13.1. The number of halogens is 3. The fraction of sp³-hybridized carbons (Fsp3) is 0.0769. The Morgan fingerprint density at radius 2 is 1.89 bits per heavy atom. The SMILES string of the molecule is Nc1ccc(Cl)cc1SCc1ccc(F)cc1Cl. The molecular formula is C13H10Cl2FNS. The van der Waals surface area contributed by atoms with E-state index in [2.05, 4.69) is 0 Å². The number of hydrogen-bond donors (Lipinski definition) is 1. The molecule has 0 radical (unpaired) electrons. The Labute approximate surface area is 119 Å². The van der Waals surface area contributed by atoms with Crippen LogP contribution in [0.3, 0.4) is 0 Å². The molecule has 0 saturated heterocycles. The fourth-order valence-corrected chi connectivity index (χ4v) is 2.99. The molecule has 2 N–H and O–H groups in total. The topological polar surface area (TPSA) is 26.0 Å². The Kier molecular flexibility index (Phi) is 4.38. The summed E-state index contributed by atoms with van der Waals surface area (Å²) in [5, 5.41) is 1.06. The van der Waals surface area contributed by atoms with Gasteiger partial charge >= 0.3 is 0 Å². The van der Waals surface area contributed by atoms with Crippen molar-refractivity contribution in [1.29, 1.82) is 0 Å². The van der Waals surface area contributed by atoms with Gasteiger partial charge < -0.3 is 5.73 Å². The van der Waals surface area contributed by atoms with Crippen molar-refractivity contribution in [2.45, 2.75) is 10.6 Å². The molecule has 0 unspecified atom stereocenters. The Hall–Kier alpha value is -0.900. The largest absolute Gasteiger partial charge is 0.398 e. The molecule has 2 aromatic carbocycles. The number of hydrogen-bond acceptors (Lipinski definition) is 2. The van der Waals surface area contributed by atoms with Gasteiger partial charge in [0.15, 0.2) is 0 Å². The van der Waals surface area contributed by atoms with Crippen molar-refractivity contribution in [3.8, 4) is 0 Å². The third-order valence-corrected chi connectivity index (χ3v) is 4.08. The molecule has 94 valence electrons. The number of thioether (sulfide) groups is 1. The van der Waals surface area contributed by atoms with Crippen molar-refractivity contribution in [2.75, 3.05) is 5.73 Å². The van der Waals surface area contributed by atoms with Gasteiger partial charge in [-0.25, -0.2) is 4.39 Å². The lowest BCUT2D eigenvalue weighted by atomic mass is 10.2. The predicted molar refractivity (Wildman–Crippen MR) is 76.8 cm³/mol. The second-order valence-corrected chi connectivity index (χ2v) is 5.57. The Bertz CT molecular complexity index is 575. The zero-order valence-electron chi connectivity index (χ0n) is 9.29. The predicted octanol–water partition coefficient (Wildman–Crippen LogP) is 5.01. The highest BCUT2D eigenvalue weighted by atomic mass is 35.5. The quantitative estimate of drug-likeness (QED) is 0.637.